The van der Waals surface area contributed by atoms with Crippen LogP contribution in [0.25, 0.3) is 11.0 Å². The van der Waals surface area contributed by atoms with Crippen LogP contribution in [0, 0.1) is 0 Å². The molecule has 2 amide bonds. The third-order valence-corrected chi connectivity index (χ3v) is 7.19. The molecule has 14 heteroatoms. The average Bonchev–Trinajstić information content (AvgIpc) is 3.60. The van der Waals surface area contributed by atoms with Gasteiger partial charge in [-0.2, -0.15) is 0 Å². The fraction of sp³-hybridized carbons (Fsp3) is 0.320. The number of nitrogens with two attached hydrogens (primary N) is 1. The monoisotopic (exact) mass is 557 g/mol. The zero-order valence-electron chi connectivity index (χ0n) is 21.0. The highest BCUT2D eigenvalue weighted by molar-refractivity contribution is 6.33. The zero-order valence-corrected chi connectivity index (χ0v) is 21.8. The molecule has 1 fully saturated rings. The van der Waals surface area contributed by atoms with Crippen LogP contribution in [0.1, 0.15) is 17.9 Å². The first-order chi connectivity index (χ1) is 18.6. The Morgan fingerprint density at radius 3 is 2.79 bits per heavy atom. The van der Waals surface area contributed by atoms with Crippen molar-refractivity contribution in [3.8, 4) is 0 Å². The Labute approximate surface area is 226 Å². The number of rotatable bonds is 7. The minimum Gasteiger partial charge on any atom is -0.504 e. The second-order valence-corrected chi connectivity index (χ2v) is 9.76. The number of fused-ring (bicyclic) bond motifs is 1. The van der Waals surface area contributed by atoms with Gasteiger partial charge in [-0.05, 0) is 12.0 Å². The number of ether oxygens (including phenoxy) is 1. The molecule has 0 saturated carbocycles. The van der Waals surface area contributed by atoms with Crippen LogP contribution in [-0.4, -0.2) is 62.3 Å². The molecule has 1 aliphatic heterocycles. The first kappa shape index (κ1) is 26.4. The van der Waals surface area contributed by atoms with Crippen molar-refractivity contribution in [3.63, 3.8) is 0 Å². The number of carbonyl (C=O) groups is 2. The Bertz CT molecular complexity index is 1630. The van der Waals surface area contributed by atoms with E-state index < -0.39 is 40.5 Å². The number of amides is 2. The van der Waals surface area contributed by atoms with E-state index in [1.807, 2.05) is 4.90 Å². The molecule has 2 atom stereocenters. The molecule has 1 saturated heterocycles. The van der Waals surface area contributed by atoms with Crippen molar-refractivity contribution in [2.24, 2.45) is 12.8 Å². The van der Waals surface area contributed by atoms with Crippen molar-refractivity contribution in [1.82, 2.24) is 19.1 Å². The van der Waals surface area contributed by atoms with Crippen molar-refractivity contribution in [2.75, 3.05) is 30.4 Å². The topological polar surface area (TPSA) is 158 Å². The van der Waals surface area contributed by atoms with E-state index in [0.29, 0.717) is 18.1 Å². The van der Waals surface area contributed by atoms with Gasteiger partial charge < -0.3 is 34.9 Å². The van der Waals surface area contributed by atoms with Crippen LogP contribution in [-0.2, 0) is 27.9 Å². The molecular weight excluding hydrogens is 533 g/mol. The maximum atomic E-state index is 15.0. The molecule has 4 N–H and O–H groups in total. The highest BCUT2D eigenvalue weighted by atomic mass is 35.5. The summed E-state index contributed by atoms with van der Waals surface area (Å²) in [6.07, 6.45) is 6.21. The van der Waals surface area contributed by atoms with Crippen molar-refractivity contribution in [2.45, 2.75) is 25.0 Å². The number of nitrogens with one attached hydrogen (secondary N) is 1. The second kappa shape index (κ2) is 10.2. The highest BCUT2D eigenvalue weighted by Crippen LogP contribution is 2.40. The van der Waals surface area contributed by atoms with Crippen molar-refractivity contribution >= 4 is 46.0 Å². The van der Waals surface area contributed by atoms with Gasteiger partial charge in [0.1, 0.15) is 18.0 Å². The Hall–Kier alpha value is -4.23. The van der Waals surface area contributed by atoms with Gasteiger partial charge in [0.05, 0.1) is 46.2 Å². The Balaban J connectivity index is 1.46. The van der Waals surface area contributed by atoms with Gasteiger partial charge >= 0.3 is 0 Å². The summed E-state index contributed by atoms with van der Waals surface area (Å²) in [4.78, 5) is 48.4. The summed E-state index contributed by atoms with van der Waals surface area (Å²) in [5.41, 5.74) is 4.95. The molecule has 2 aliphatic rings. The van der Waals surface area contributed by atoms with Crippen LogP contribution >= 0.6 is 11.6 Å². The molecule has 0 spiro atoms. The number of aromatic nitrogens is 4. The Morgan fingerprint density at radius 2 is 2.13 bits per heavy atom. The maximum absolute atomic E-state index is 15.0. The van der Waals surface area contributed by atoms with E-state index >= 15 is 0 Å². The molecule has 1 aliphatic carbocycles. The third-order valence-electron chi connectivity index (χ3n) is 6.89. The number of aliphatic hydroxyl groups excluding tert-OH is 1. The number of nitrogens with zero attached hydrogens (tertiary/aromatic N) is 5. The lowest BCUT2D eigenvalue weighted by Crippen LogP contribution is -2.24. The number of carbonyl (C=O) groups excluding carboxylic acids is 2. The largest absolute Gasteiger partial charge is 0.504 e. The summed E-state index contributed by atoms with van der Waals surface area (Å²) in [6.45, 7) is 1.11. The van der Waals surface area contributed by atoms with E-state index in [9.17, 15) is 23.9 Å². The molecular formula is C25H25ClFN7O5. The summed E-state index contributed by atoms with van der Waals surface area (Å²) in [7, 11) is 3.13. The summed E-state index contributed by atoms with van der Waals surface area (Å²) in [6, 6.07) is 1.67. The summed E-state index contributed by atoms with van der Waals surface area (Å²) in [5.74, 6) is -4.05. The van der Waals surface area contributed by atoms with Crippen molar-refractivity contribution in [3.05, 3.63) is 69.0 Å². The molecule has 3 aromatic rings. The van der Waals surface area contributed by atoms with E-state index in [1.165, 1.54) is 34.9 Å². The number of pyridine rings is 1. The van der Waals surface area contributed by atoms with Gasteiger partial charge in [-0.1, -0.05) is 17.7 Å². The maximum Gasteiger partial charge on any atom is 0.262 e. The number of primary amides is 1. The first-order valence-electron chi connectivity index (χ1n) is 12.0. The van der Waals surface area contributed by atoms with E-state index in [1.54, 1.807) is 13.2 Å². The van der Waals surface area contributed by atoms with Gasteiger partial charge in [-0.15, -0.1) is 0 Å². The molecule has 0 bridgehead atoms. The number of allylic oxidation sites excluding steroid dienone is 2. The lowest BCUT2D eigenvalue weighted by molar-refractivity contribution is -0.117. The molecule has 4 heterocycles. The average molecular weight is 558 g/mol. The molecule has 12 nitrogen and oxygen atoms in total. The molecule has 0 radical (unpaired) electrons. The number of hydrogen-bond donors (Lipinski definition) is 3. The predicted octanol–water partition coefficient (Wildman–Crippen LogP) is 1.90. The highest BCUT2D eigenvalue weighted by Gasteiger charge is 2.34. The zero-order chi connectivity index (χ0) is 28.0. The molecule has 3 aromatic heterocycles. The molecule has 5 rings (SSSR count). The predicted molar refractivity (Wildman–Crippen MR) is 141 cm³/mol. The van der Waals surface area contributed by atoms with Crippen molar-refractivity contribution < 1.29 is 23.8 Å². The Morgan fingerprint density at radius 1 is 1.36 bits per heavy atom. The minimum atomic E-state index is -1.26. The fourth-order valence-corrected chi connectivity index (χ4v) is 4.99. The van der Waals surface area contributed by atoms with E-state index in [0.717, 1.165) is 19.0 Å². The van der Waals surface area contributed by atoms with E-state index in [2.05, 4.69) is 15.3 Å². The number of aryl methyl sites for hydroxylation is 1. The van der Waals surface area contributed by atoms with E-state index in [4.69, 9.17) is 22.1 Å². The molecule has 39 heavy (non-hydrogen) atoms. The molecule has 204 valence electrons. The smallest absolute Gasteiger partial charge is 0.262 e. The summed E-state index contributed by atoms with van der Waals surface area (Å²) < 4.78 is 23.0. The van der Waals surface area contributed by atoms with Crippen LogP contribution in [0.4, 0.5) is 15.9 Å². The van der Waals surface area contributed by atoms with Crippen LogP contribution in [0.2, 0.25) is 5.02 Å². The molecule has 0 aromatic carbocycles. The first-order valence-corrected chi connectivity index (χ1v) is 12.3. The number of hydrogen-bond acceptors (Lipinski definition) is 8. The quantitative estimate of drug-likeness (QED) is 0.397. The Kier molecular flexibility index (Phi) is 6.87. The normalized spacial score (nSPS) is 19.2. The number of anilines is 2. The lowest BCUT2D eigenvalue weighted by atomic mass is 10.0. The second-order valence-electron chi connectivity index (χ2n) is 9.35. The van der Waals surface area contributed by atoms with Gasteiger partial charge in [0, 0.05) is 39.5 Å². The third kappa shape index (κ3) is 4.74. The van der Waals surface area contributed by atoms with Crippen LogP contribution in [0.15, 0.2) is 52.8 Å². The van der Waals surface area contributed by atoms with Crippen molar-refractivity contribution in [1.29, 1.82) is 0 Å². The number of aliphatic hydroxyl groups is 1. The summed E-state index contributed by atoms with van der Waals surface area (Å²) >= 11 is 6.30. The van der Waals surface area contributed by atoms with Gasteiger partial charge in [0.15, 0.2) is 11.6 Å². The van der Waals surface area contributed by atoms with Gasteiger partial charge in [0.2, 0.25) is 5.91 Å². The minimum absolute atomic E-state index is 0.0358. The molecule has 1 unspecified atom stereocenters. The van der Waals surface area contributed by atoms with Gasteiger partial charge in [-0.3, -0.25) is 14.4 Å². The number of halogens is 2. The standard InChI is InChI=1S/C25H25ClFN7O5/c1-32-11-30-24-20(25(32)38)15(13-5-14(23(28)37)22(36)21(13)27)9-34(24)10-19(35)31-17-6-18(29-7-16(17)26)33-4-3-12(8-33)39-2/h5-7,9,11-13,36H,3-4,8,10H2,1-2H3,(H2,28,37)(H,29,31,35)/t12-,13?/m1/s1. The van der Waals surface area contributed by atoms with E-state index in [-0.39, 0.29) is 34.3 Å². The van der Waals surface area contributed by atoms with Crippen LogP contribution in [0.5, 0.6) is 0 Å². The van der Waals surface area contributed by atoms with Gasteiger partial charge in [0.25, 0.3) is 11.5 Å². The fourth-order valence-electron chi connectivity index (χ4n) is 4.84. The number of methoxy groups -OCH3 is 1. The lowest BCUT2D eigenvalue weighted by Gasteiger charge is -2.18. The SMILES string of the molecule is CO[C@@H]1CCN(c2cc(NC(=O)Cn3cc(C4C=C(C(N)=O)C(O)=C4F)c4c(=O)n(C)cnc43)c(Cl)cn2)C1. The summed E-state index contributed by atoms with van der Waals surface area (Å²) in [5, 5.41) is 13.1. The van der Waals surface area contributed by atoms with Crippen LogP contribution < -0.4 is 21.5 Å². The van der Waals surface area contributed by atoms with Crippen LogP contribution in [0.3, 0.4) is 0 Å². The van der Waals surface area contributed by atoms with Gasteiger partial charge in [-0.25, -0.2) is 14.4 Å².